The van der Waals surface area contributed by atoms with Crippen LogP contribution in [0.2, 0.25) is 0 Å². The number of hydrogen-bond acceptors (Lipinski definition) is 4. The van der Waals surface area contributed by atoms with Crippen LogP contribution in [0.5, 0.6) is 0 Å². The van der Waals surface area contributed by atoms with Crippen molar-refractivity contribution in [3.8, 4) is 0 Å². The van der Waals surface area contributed by atoms with Gasteiger partial charge in [0.05, 0.1) is 18.9 Å². The summed E-state index contributed by atoms with van der Waals surface area (Å²) in [4.78, 5) is 23.0. The SMILES string of the molecule is CC(C)[C@@H]1CC[C@@H](C)C[C@H]1O[C@]1(C(N)=O)[CH]CC(=O)O1. The molecule has 5 nitrogen and oxygen atoms in total. The first-order valence-corrected chi connectivity index (χ1v) is 7.38. The van der Waals surface area contributed by atoms with Crippen LogP contribution in [0, 0.1) is 24.2 Å². The van der Waals surface area contributed by atoms with Gasteiger partial charge in [-0.05, 0) is 30.6 Å². The first-order valence-electron chi connectivity index (χ1n) is 7.38. The van der Waals surface area contributed by atoms with Crippen LogP contribution in [0.15, 0.2) is 0 Å². The molecule has 1 saturated carbocycles. The smallest absolute Gasteiger partial charge is 0.309 e. The molecule has 1 radical (unpaired) electrons. The molecular formula is C15H24NO4. The Balaban J connectivity index is 2.15. The second kappa shape index (κ2) is 5.72. The average molecular weight is 282 g/mol. The number of cyclic esters (lactones) is 1. The van der Waals surface area contributed by atoms with Gasteiger partial charge in [0.15, 0.2) is 0 Å². The van der Waals surface area contributed by atoms with Crippen LogP contribution in [0.1, 0.15) is 46.5 Å². The van der Waals surface area contributed by atoms with Gasteiger partial charge in [-0.2, -0.15) is 0 Å². The molecule has 5 heteroatoms. The maximum Gasteiger partial charge on any atom is 0.309 e. The monoisotopic (exact) mass is 282 g/mol. The Morgan fingerprint density at radius 1 is 1.50 bits per heavy atom. The zero-order valence-electron chi connectivity index (χ0n) is 12.4. The Hall–Kier alpha value is -1.10. The number of carbonyl (C=O) groups is 2. The molecule has 1 aliphatic carbocycles. The van der Waals surface area contributed by atoms with Gasteiger partial charge in [-0.3, -0.25) is 9.59 Å². The number of esters is 1. The van der Waals surface area contributed by atoms with Crippen molar-refractivity contribution in [3.63, 3.8) is 0 Å². The third-order valence-electron chi connectivity index (χ3n) is 4.43. The third-order valence-corrected chi connectivity index (χ3v) is 4.43. The molecule has 0 aromatic heterocycles. The highest BCUT2D eigenvalue weighted by molar-refractivity contribution is 5.90. The molecule has 2 aliphatic rings. The Morgan fingerprint density at radius 3 is 2.70 bits per heavy atom. The van der Waals surface area contributed by atoms with Crippen LogP contribution in [0.4, 0.5) is 0 Å². The van der Waals surface area contributed by atoms with Crippen molar-refractivity contribution in [2.75, 3.05) is 0 Å². The van der Waals surface area contributed by atoms with Crippen molar-refractivity contribution in [1.82, 2.24) is 0 Å². The molecule has 1 heterocycles. The highest BCUT2D eigenvalue weighted by Gasteiger charge is 2.51. The maximum atomic E-state index is 11.7. The van der Waals surface area contributed by atoms with E-state index in [9.17, 15) is 9.59 Å². The fourth-order valence-electron chi connectivity index (χ4n) is 3.23. The minimum Gasteiger partial charge on any atom is -0.423 e. The quantitative estimate of drug-likeness (QED) is 0.797. The van der Waals surface area contributed by atoms with Gasteiger partial charge in [-0.1, -0.05) is 27.2 Å². The van der Waals surface area contributed by atoms with Crippen LogP contribution < -0.4 is 5.73 Å². The molecule has 2 fully saturated rings. The highest BCUT2D eigenvalue weighted by atomic mass is 16.7. The van der Waals surface area contributed by atoms with Crippen molar-refractivity contribution in [2.24, 2.45) is 23.5 Å². The van der Waals surface area contributed by atoms with Gasteiger partial charge in [0, 0.05) is 0 Å². The first-order chi connectivity index (χ1) is 9.34. The Bertz CT molecular complexity index is 395. The highest BCUT2D eigenvalue weighted by Crippen LogP contribution is 2.39. The lowest BCUT2D eigenvalue weighted by atomic mass is 9.75. The van der Waals surface area contributed by atoms with E-state index in [1.54, 1.807) is 0 Å². The number of ether oxygens (including phenoxy) is 2. The van der Waals surface area contributed by atoms with E-state index >= 15 is 0 Å². The largest absolute Gasteiger partial charge is 0.423 e. The van der Waals surface area contributed by atoms with Gasteiger partial charge in [-0.25, -0.2) is 0 Å². The second-order valence-corrected chi connectivity index (χ2v) is 6.40. The Kier molecular flexibility index (Phi) is 4.37. The van der Waals surface area contributed by atoms with E-state index in [4.69, 9.17) is 15.2 Å². The molecule has 20 heavy (non-hydrogen) atoms. The van der Waals surface area contributed by atoms with E-state index in [0.717, 1.165) is 19.3 Å². The number of hydrogen-bond donors (Lipinski definition) is 1. The summed E-state index contributed by atoms with van der Waals surface area (Å²) in [5.74, 6) is -1.52. The zero-order chi connectivity index (χ0) is 14.9. The summed E-state index contributed by atoms with van der Waals surface area (Å²) in [6, 6.07) is 0. The van der Waals surface area contributed by atoms with Crippen molar-refractivity contribution in [2.45, 2.75) is 58.3 Å². The molecule has 0 aromatic carbocycles. The maximum absolute atomic E-state index is 11.7. The van der Waals surface area contributed by atoms with E-state index in [-0.39, 0.29) is 12.5 Å². The zero-order valence-corrected chi connectivity index (χ0v) is 12.4. The molecule has 2 rings (SSSR count). The van der Waals surface area contributed by atoms with E-state index in [1.807, 2.05) is 0 Å². The topological polar surface area (TPSA) is 78.6 Å². The van der Waals surface area contributed by atoms with Crippen LogP contribution in [-0.2, 0) is 19.1 Å². The predicted molar refractivity (Wildman–Crippen MR) is 73.2 cm³/mol. The van der Waals surface area contributed by atoms with Crippen LogP contribution in [0.3, 0.4) is 0 Å². The first kappa shape index (κ1) is 15.3. The summed E-state index contributed by atoms with van der Waals surface area (Å²) in [6.07, 6.45) is 4.51. The van der Waals surface area contributed by atoms with Crippen LogP contribution in [0.25, 0.3) is 0 Å². The molecule has 0 spiro atoms. The summed E-state index contributed by atoms with van der Waals surface area (Å²) in [5.41, 5.74) is 5.40. The number of amides is 1. The van der Waals surface area contributed by atoms with Gasteiger partial charge >= 0.3 is 5.97 Å². The predicted octanol–water partition coefficient (Wildman–Crippen LogP) is 1.80. The summed E-state index contributed by atoms with van der Waals surface area (Å²) in [5, 5.41) is 0. The summed E-state index contributed by atoms with van der Waals surface area (Å²) >= 11 is 0. The molecule has 2 N–H and O–H groups in total. The fourth-order valence-corrected chi connectivity index (χ4v) is 3.23. The lowest BCUT2D eigenvalue weighted by molar-refractivity contribution is -0.228. The lowest BCUT2D eigenvalue weighted by Crippen LogP contribution is -2.51. The van der Waals surface area contributed by atoms with E-state index in [0.29, 0.717) is 17.8 Å². The van der Waals surface area contributed by atoms with Gasteiger partial charge in [0.25, 0.3) is 11.7 Å². The molecule has 0 bridgehead atoms. The molecule has 1 aliphatic heterocycles. The Morgan fingerprint density at radius 2 is 2.20 bits per heavy atom. The summed E-state index contributed by atoms with van der Waals surface area (Å²) < 4.78 is 11.0. The molecule has 0 unspecified atom stereocenters. The second-order valence-electron chi connectivity index (χ2n) is 6.40. The van der Waals surface area contributed by atoms with Crippen molar-refractivity contribution in [1.29, 1.82) is 0 Å². The molecule has 113 valence electrons. The minimum absolute atomic E-state index is 0.0670. The fraction of sp³-hybridized carbons (Fsp3) is 0.800. The average Bonchev–Trinajstić information content (AvgIpc) is 2.71. The number of primary amides is 1. The molecule has 1 saturated heterocycles. The van der Waals surface area contributed by atoms with Gasteiger partial charge in [0.1, 0.15) is 0 Å². The normalized spacial score (nSPS) is 38.0. The van der Waals surface area contributed by atoms with E-state index < -0.39 is 17.7 Å². The van der Waals surface area contributed by atoms with Crippen LogP contribution >= 0.6 is 0 Å². The number of carbonyl (C=O) groups excluding carboxylic acids is 2. The summed E-state index contributed by atoms with van der Waals surface area (Å²) in [6.45, 7) is 6.48. The van der Waals surface area contributed by atoms with Gasteiger partial charge in [0.2, 0.25) is 0 Å². The lowest BCUT2D eigenvalue weighted by Gasteiger charge is -2.40. The standard InChI is InChI=1S/C15H24NO4/c1-9(2)11-5-4-10(3)8-12(11)19-15(14(16)18)7-6-13(17)20-15/h7,9-12H,4-6,8H2,1-3H3,(H2,16,18)/t10-,11+,12-,15-/m1/s1. The van der Waals surface area contributed by atoms with Crippen molar-refractivity contribution >= 4 is 11.9 Å². The minimum atomic E-state index is -1.66. The molecule has 1 amide bonds. The number of nitrogens with two attached hydrogens (primary N) is 1. The molecule has 0 aromatic rings. The van der Waals surface area contributed by atoms with Crippen LogP contribution in [-0.4, -0.2) is 23.8 Å². The number of rotatable bonds is 4. The van der Waals surface area contributed by atoms with E-state index in [1.165, 1.54) is 6.42 Å². The third kappa shape index (κ3) is 2.97. The molecule has 4 atom stereocenters. The van der Waals surface area contributed by atoms with Gasteiger partial charge < -0.3 is 15.2 Å². The van der Waals surface area contributed by atoms with Crippen molar-refractivity contribution in [3.05, 3.63) is 6.42 Å². The Labute approximate surface area is 120 Å². The molecular weight excluding hydrogens is 258 g/mol. The van der Waals surface area contributed by atoms with Crippen molar-refractivity contribution < 1.29 is 19.1 Å². The summed E-state index contributed by atoms with van der Waals surface area (Å²) in [7, 11) is 0. The van der Waals surface area contributed by atoms with Gasteiger partial charge in [-0.15, -0.1) is 0 Å². The van der Waals surface area contributed by atoms with E-state index in [2.05, 4.69) is 20.8 Å².